The second kappa shape index (κ2) is 4.58. The topological polar surface area (TPSA) is 71.4 Å². The molecule has 1 atom stereocenters. The van der Waals surface area contributed by atoms with Crippen molar-refractivity contribution in [2.24, 2.45) is 16.7 Å². The Balaban J connectivity index is 3.52. The van der Waals surface area contributed by atoms with Gasteiger partial charge in [0.1, 0.15) is 11.3 Å². The Morgan fingerprint density at radius 2 is 1.63 bits per heavy atom. The zero-order valence-corrected chi connectivity index (χ0v) is 12.5. The molecule has 0 amide bonds. The van der Waals surface area contributed by atoms with Crippen molar-refractivity contribution in [2.75, 3.05) is 0 Å². The van der Waals surface area contributed by atoms with Crippen LogP contribution in [0.3, 0.4) is 0 Å². The fourth-order valence-corrected chi connectivity index (χ4v) is 2.38. The van der Waals surface area contributed by atoms with Gasteiger partial charge in [0, 0.05) is 5.92 Å². The lowest BCUT2D eigenvalue weighted by molar-refractivity contribution is -0.145. The van der Waals surface area contributed by atoms with Gasteiger partial charge in [0.05, 0.1) is 10.8 Å². The average Bonchev–Trinajstić information content (AvgIpc) is 2.34. The van der Waals surface area contributed by atoms with E-state index in [1.807, 2.05) is 6.92 Å². The molecule has 0 heterocycles. The number of aliphatic hydroxyl groups excluding tert-OH is 1. The lowest BCUT2D eigenvalue weighted by Crippen LogP contribution is -2.50. The Hall–Kier alpha value is -1.45. The highest BCUT2D eigenvalue weighted by molar-refractivity contribution is 6.30. The summed E-state index contributed by atoms with van der Waals surface area (Å²) >= 11 is 0. The first-order chi connectivity index (χ1) is 8.49. The highest BCUT2D eigenvalue weighted by Crippen LogP contribution is 2.43. The molecular weight excluding hydrogens is 244 g/mol. The molecule has 0 saturated heterocycles. The number of carbonyl (C=O) groups excluding carboxylic acids is 3. The van der Waals surface area contributed by atoms with E-state index in [9.17, 15) is 19.5 Å². The standard InChI is InChI=1S/C15H22O4/c1-7-8(2)10(16)9-11(17)14(3,4)13(19)15(5,6)12(9)18/h8,17H,7H2,1-6H3/t8-/m0/s1. The van der Waals surface area contributed by atoms with Crippen LogP contribution < -0.4 is 0 Å². The summed E-state index contributed by atoms with van der Waals surface area (Å²) in [5.74, 6) is -2.03. The lowest BCUT2D eigenvalue weighted by Gasteiger charge is -2.38. The second-order valence-corrected chi connectivity index (χ2v) is 6.31. The summed E-state index contributed by atoms with van der Waals surface area (Å²) in [7, 11) is 0. The SMILES string of the molecule is CC[C@H](C)C(=O)C1=C(O)C(C)(C)C(=O)C(C)(C)C1=O. The van der Waals surface area contributed by atoms with Crippen LogP contribution in [0.2, 0.25) is 0 Å². The van der Waals surface area contributed by atoms with Crippen molar-refractivity contribution in [1.29, 1.82) is 0 Å². The number of hydrogen-bond donors (Lipinski definition) is 1. The van der Waals surface area contributed by atoms with E-state index in [4.69, 9.17) is 0 Å². The van der Waals surface area contributed by atoms with Gasteiger partial charge >= 0.3 is 0 Å². The Morgan fingerprint density at radius 1 is 1.16 bits per heavy atom. The van der Waals surface area contributed by atoms with Gasteiger partial charge in [0.25, 0.3) is 0 Å². The van der Waals surface area contributed by atoms with E-state index < -0.39 is 16.6 Å². The molecule has 0 aromatic heterocycles. The molecule has 0 fully saturated rings. The van der Waals surface area contributed by atoms with E-state index in [2.05, 4.69) is 0 Å². The van der Waals surface area contributed by atoms with Crippen molar-refractivity contribution in [2.45, 2.75) is 48.0 Å². The molecule has 0 aromatic rings. The number of Topliss-reactive ketones (excluding diaryl/α,β-unsaturated/α-hetero) is 3. The molecular formula is C15H22O4. The second-order valence-electron chi connectivity index (χ2n) is 6.31. The molecule has 1 aliphatic carbocycles. The first-order valence-corrected chi connectivity index (χ1v) is 6.57. The highest BCUT2D eigenvalue weighted by atomic mass is 16.3. The molecule has 0 bridgehead atoms. The molecule has 4 heteroatoms. The number of allylic oxidation sites excluding steroid dienone is 2. The third kappa shape index (κ3) is 2.13. The molecule has 1 rings (SSSR count). The molecule has 0 unspecified atom stereocenters. The minimum atomic E-state index is -1.27. The molecule has 1 N–H and O–H groups in total. The average molecular weight is 266 g/mol. The van der Waals surface area contributed by atoms with E-state index in [-0.39, 0.29) is 28.8 Å². The Labute approximate surface area is 113 Å². The van der Waals surface area contributed by atoms with Crippen molar-refractivity contribution in [3.8, 4) is 0 Å². The normalized spacial score (nSPS) is 23.5. The number of carbonyl (C=O) groups is 3. The van der Waals surface area contributed by atoms with Gasteiger partial charge in [0.2, 0.25) is 0 Å². The van der Waals surface area contributed by atoms with Crippen LogP contribution in [0, 0.1) is 16.7 Å². The molecule has 19 heavy (non-hydrogen) atoms. The maximum atomic E-state index is 12.4. The molecule has 1 aliphatic rings. The lowest BCUT2D eigenvalue weighted by atomic mass is 9.62. The molecule has 106 valence electrons. The number of ketones is 3. The maximum absolute atomic E-state index is 12.4. The number of aliphatic hydroxyl groups is 1. The number of hydrogen-bond acceptors (Lipinski definition) is 4. The predicted octanol–water partition coefficient (Wildman–Crippen LogP) is 2.62. The largest absolute Gasteiger partial charge is 0.510 e. The van der Waals surface area contributed by atoms with Crippen molar-refractivity contribution in [1.82, 2.24) is 0 Å². The van der Waals surface area contributed by atoms with Crippen LogP contribution >= 0.6 is 0 Å². The Morgan fingerprint density at radius 3 is 2.05 bits per heavy atom. The van der Waals surface area contributed by atoms with Crippen molar-refractivity contribution < 1.29 is 19.5 Å². The fourth-order valence-electron chi connectivity index (χ4n) is 2.38. The van der Waals surface area contributed by atoms with Crippen molar-refractivity contribution in [3.05, 3.63) is 11.3 Å². The summed E-state index contributed by atoms with van der Waals surface area (Å²) in [5, 5.41) is 10.2. The maximum Gasteiger partial charge on any atom is 0.182 e. The molecule has 0 saturated carbocycles. The van der Waals surface area contributed by atoms with Crippen LogP contribution in [0.1, 0.15) is 48.0 Å². The summed E-state index contributed by atoms with van der Waals surface area (Å²) in [6, 6.07) is 0. The third-order valence-corrected chi connectivity index (χ3v) is 4.07. The first-order valence-electron chi connectivity index (χ1n) is 6.57. The van der Waals surface area contributed by atoms with E-state index >= 15 is 0 Å². The van der Waals surface area contributed by atoms with Crippen LogP contribution in [0.25, 0.3) is 0 Å². The summed E-state index contributed by atoms with van der Waals surface area (Å²) in [4.78, 5) is 36.9. The first kappa shape index (κ1) is 15.6. The molecule has 0 aliphatic heterocycles. The van der Waals surface area contributed by atoms with E-state index in [0.29, 0.717) is 6.42 Å². The van der Waals surface area contributed by atoms with E-state index in [1.54, 1.807) is 20.8 Å². The van der Waals surface area contributed by atoms with E-state index in [0.717, 1.165) is 0 Å². The predicted molar refractivity (Wildman–Crippen MR) is 71.7 cm³/mol. The van der Waals surface area contributed by atoms with Gasteiger partial charge < -0.3 is 5.11 Å². The Bertz CT molecular complexity index is 480. The zero-order valence-electron chi connectivity index (χ0n) is 12.5. The summed E-state index contributed by atoms with van der Waals surface area (Å²) in [6.45, 7) is 9.66. The van der Waals surface area contributed by atoms with Gasteiger partial charge in [-0.1, -0.05) is 13.8 Å². The van der Waals surface area contributed by atoms with Crippen molar-refractivity contribution >= 4 is 17.3 Å². The van der Waals surface area contributed by atoms with Crippen molar-refractivity contribution in [3.63, 3.8) is 0 Å². The summed E-state index contributed by atoms with van der Waals surface area (Å²) in [6.07, 6.45) is 0.581. The van der Waals surface area contributed by atoms with Gasteiger partial charge in [-0.05, 0) is 34.1 Å². The van der Waals surface area contributed by atoms with Crippen LogP contribution in [-0.4, -0.2) is 22.5 Å². The summed E-state index contributed by atoms with van der Waals surface area (Å²) < 4.78 is 0. The van der Waals surface area contributed by atoms with E-state index in [1.165, 1.54) is 13.8 Å². The fraction of sp³-hybridized carbons (Fsp3) is 0.667. The van der Waals surface area contributed by atoms with Gasteiger partial charge in [-0.3, -0.25) is 14.4 Å². The zero-order chi connectivity index (χ0) is 15.2. The van der Waals surface area contributed by atoms with Crippen LogP contribution in [0.5, 0.6) is 0 Å². The Kier molecular flexibility index (Phi) is 3.76. The number of rotatable bonds is 3. The monoisotopic (exact) mass is 266 g/mol. The smallest absolute Gasteiger partial charge is 0.182 e. The summed E-state index contributed by atoms with van der Waals surface area (Å²) in [5.41, 5.74) is -2.66. The van der Waals surface area contributed by atoms with Crippen LogP contribution in [0.15, 0.2) is 11.3 Å². The minimum Gasteiger partial charge on any atom is -0.510 e. The molecule has 0 radical (unpaired) electrons. The van der Waals surface area contributed by atoms with Crippen LogP contribution in [0.4, 0.5) is 0 Å². The molecule has 0 spiro atoms. The molecule has 4 nitrogen and oxygen atoms in total. The van der Waals surface area contributed by atoms with Gasteiger partial charge in [0.15, 0.2) is 17.3 Å². The molecule has 0 aromatic carbocycles. The quantitative estimate of drug-likeness (QED) is 0.629. The third-order valence-electron chi connectivity index (χ3n) is 4.07. The highest BCUT2D eigenvalue weighted by Gasteiger charge is 2.54. The minimum absolute atomic E-state index is 0.191. The van der Waals surface area contributed by atoms with Gasteiger partial charge in [-0.15, -0.1) is 0 Å². The van der Waals surface area contributed by atoms with Gasteiger partial charge in [-0.2, -0.15) is 0 Å². The van der Waals surface area contributed by atoms with Crippen LogP contribution in [-0.2, 0) is 14.4 Å². The van der Waals surface area contributed by atoms with Gasteiger partial charge in [-0.25, -0.2) is 0 Å².